The number of rotatable bonds is 8. The van der Waals surface area contributed by atoms with Crippen molar-refractivity contribution in [3.05, 3.63) is 53.7 Å². The number of anilines is 2. The smallest absolute Gasteiger partial charge is 0.130 e. The minimum Gasteiger partial charge on any atom is -0.340 e. The molecule has 0 aliphatic carbocycles. The Morgan fingerprint density at radius 1 is 0.905 bits per heavy atom. The Morgan fingerprint density at radius 3 is 2.48 bits per heavy atom. The zero-order chi connectivity index (χ0) is 14.9. The molecule has 1 aromatic carbocycles. The molecule has 0 amide bonds. The molecule has 0 spiro atoms. The van der Waals surface area contributed by atoms with Crippen LogP contribution in [0.25, 0.3) is 0 Å². The summed E-state index contributed by atoms with van der Waals surface area (Å²) in [6.45, 7) is 4.44. The number of hydrogen-bond donors (Lipinski definition) is 1. The lowest BCUT2D eigenvalue weighted by molar-refractivity contribution is 0.777. The van der Waals surface area contributed by atoms with Gasteiger partial charge < -0.3 is 5.32 Å². The fraction of sp³-hybridized carbons (Fsp3) is 0.421. The number of hydrogen-bond acceptors (Lipinski definition) is 2. The van der Waals surface area contributed by atoms with Gasteiger partial charge in [-0.1, -0.05) is 44.9 Å². The van der Waals surface area contributed by atoms with E-state index in [9.17, 15) is 0 Å². The third-order valence-electron chi connectivity index (χ3n) is 3.61. The first-order valence-electron chi connectivity index (χ1n) is 8.13. The second-order valence-electron chi connectivity index (χ2n) is 5.55. The Hall–Kier alpha value is -1.83. The summed E-state index contributed by atoms with van der Waals surface area (Å²) in [4.78, 5) is 4.69. The van der Waals surface area contributed by atoms with Crippen LogP contribution in [0.5, 0.6) is 0 Å². The summed E-state index contributed by atoms with van der Waals surface area (Å²) in [7, 11) is 0. The molecular weight excluding hydrogens is 256 g/mol. The molecule has 2 rings (SSSR count). The average molecular weight is 282 g/mol. The van der Waals surface area contributed by atoms with Crippen LogP contribution >= 0.6 is 0 Å². The predicted octanol–water partition coefficient (Wildman–Crippen LogP) is 5.51. The number of unbranched alkanes of at least 4 members (excludes halogenated alkanes) is 2. The molecule has 0 aliphatic rings. The summed E-state index contributed by atoms with van der Waals surface area (Å²) < 4.78 is 0. The summed E-state index contributed by atoms with van der Waals surface area (Å²) in [6.07, 6.45) is 7.09. The topological polar surface area (TPSA) is 24.9 Å². The van der Waals surface area contributed by atoms with Crippen molar-refractivity contribution in [2.75, 3.05) is 5.32 Å². The second-order valence-corrected chi connectivity index (χ2v) is 5.55. The fourth-order valence-electron chi connectivity index (χ4n) is 2.38. The van der Waals surface area contributed by atoms with Gasteiger partial charge in [0.25, 0.3) is 0 Å². The molecule has 0 fully saturated rings. The van der Waals surface area contributed by atoms with E-state index in [1.165, 1.54) is 36.9 Å². The van der Waals surface area contributed by atoms with Crippen LogP contribution in [-0.2, 0) is 12.8 Å². The van der Waals surface area contributed by atoms with Crippen LogP contribution < -0.4 is 5.32 Å². The molecular formula is C19H26N2. The molecule has 2 aromatic rings. The van der Waals surface area contributed by atoms with Crippen LogP contribution in [-0.4, -0.2) is 4.98 Å². The molecule has 0 saturated carbocycles. The van der Waals surface area contributed by atoms with Crippen molar-refractivity contribution in [3.8, 4) is 0 Å². The monoisotopic (exact) mass is 282 g/mol. The van der Waals surface area contributed by atoms with Crippen LogP contribution in [0.2, 0.25) is 0 Å². The Kier molecular flexibility index (Phi) is 6.26. The highest BCUT2D eigenvalue weighted by Gasteiger charge is 2.00. The molecule has 0 saturated heterocycles. The first kappa shape index (κ1) is 15.6. The maximum atomic E-state index is 4.69. The van der Waals surface area contributed by atoms with Gasteiger partial charge in [0.1, 0.15) is 5.82 Å². The molecule has 112 valence electrons. The quantitative estimate of drug-likeness (QED) is 0.690. The molecule has 0 unspecified atom stereocenters. The van der Waals surface area contributed by atoms with Crippen molar-refractivity contribution in [2.45, 2.75) is 52.4 Å². The number of aryl methyl sites for hydroxylation is 2. The summed E-state index contributed by atoms with van der Waals surface area (Å²) in [5, 5.41) is 3.43. The first-order valence-corrected chi connectivity index (χ1v) is 8.13. The Morgan fingerprint density at radius 2 is 1.67 bits per heavy atom. The molecule has 0 radical (unpaired) electrons. The van der Waals surface area contributed by atoms with Gasteiger partial charge in [0.05, 0.1) is 0 Å². The number of nitrogens with zero attached hydrogens (tertiary/aromatic N) is 1. The van der Waals surface area contributed by atoms with E-state index in [0.29, 0.717) is 0 Å². The lowest BCUT2D eigenvalue weighted by Crippen LogP contribution is -1.97. The molecule has 1 aromatic heterocycles. The van der Waals surface area contributed by atoms with Crippen molar-refractivity contribution in [1.82, 2.24) is 4.98 Å². The summed E-state index contributed by atoms with van der Waals surface area (Å²) >= 11 is 0. The summed E-state index contributed by atoms with van der Waals surface area (Å²) in [5.41, 5.74) is 3.69. The summed E-state index contributed by atoms with van der Waals surface area (Å²) in [6, 6.07) is 14.9. The van der Waals surface area contributed by atoms with E-state index < -0.39 is 0 Å². The highest BCUT2D eigenvalue weighted by atomic mass is 15.0. The maximum absolute atomic E-state index is 4.69. The average Bonchev–Trinajstić information content (AvgIpc) is 2.52. The molecule has 2 nitrogen and oxygen atoms in total. The van der Waals surface area contributed by atoms with E-state index in [1.807, 2.05) is 6.07 Å². The highest BCUT2D eigenvalue weighted by molar-refractivity contribution is 5.57. The van der Waals surface area contributed by atoms with Gasteiger partial charge in [-0.25, -0.2) is 4.98 Å². The first-order chi connectivity index (χ1) is 10.3. The molecule has 21 heavy (non-hydrogen) atoms. The lowest BCUT2D eigenvalue weighted by atomic mass is 10.1. The third-order valence-corrected chi connectivity index (χ3v) is 3.61. The molecule has 2 heteroatoms. The number of benzene rings is 1. The van der Waals surface area contributed by atoms with E-state index in [0.717, 1.165) is 24.3 Å². The van der Waals surface area contributed by atoms with Crippen molar-refractivity contribution in [3.63, 3.8) is 0 Å². The Bertz CT molecular complexity index is 499. The largest absolute Gasteiger partial charge is 0.340 e. The minimum absolute atomic E-state index is 0.941. The zero-order valence-electron chi connectivity index (χ0n) is 13.2. The molecule has 0 aliphatic heterocycles. The van der Waals surface area contributed by atoms with Crippen molar-refractivity contribution < 1.29 is 0 Å². The van der Waals surface area contributed by atoms with Gasteiger partial charge in [-0.2, -0.15) is 0 Å². The highest BCUT2D eigenvalue weighted by Crippen LogP contribution is 2.18. The second kappa shape index (κ2) is 8.46. The summed E-state index contributed by atoms with van der Waals surface area (Å²) in [5.74, 6) is 0.941. The standard InChI is InChI=1S/C19H26N2/c1-3-5-9-16-10-7-13-18(15-16)21-19-14-8-12-17(20-19)11-6-4-2/h7-8,10,12-15H,3-6,9,11H2,1-2H3,(H,20,21). The SMILES string of the molecule is CCCCc1cccc(Nc2cccc(CCCC)n2)c1. The number of nitrogens with one attached hydrogen (secondary N) is 1. The van der Waals surface area contributed by atoms with E-state index in [4.69, 9.17) is 0 Å². The van der Waals surface area contributed by atoms with Crippen LogP contribution in [0.3, 0.4) is 0 Å². The maximum Gasteiger partial charge on any atom is 0.130 e. The molecule has 0 bridgehead atoms. The van der Waals surface area contributed by atoms with Gasteiger partial charge in [-0.15, -0.1) is 0 Å². The van der Waals surface area contributed by atoms with Gasteiger partial charge >= 0.3 is 0 Å². The molecule has 0 atom stereocenters. The lowest BCUT2D eigenvalue weighted by Gasteiger charge is -2.09. The van der Waals surface area contributed by atoms with Gasteiger partial charge in [0.2, 0.25) is 0 Å². The Labute approximate surface area is 128 Å². The molecule has 1 N–H and O–H groups in total. The predicted molar refractivity (Wildman–Crippen MR) is 91.2 cm³/mol. The van der Waals surface area contributed by atoms with Crippen molar-refractivity contribution in [1.29, 1.82) is 0 Å². The van der Waals surface area contributed by atoms with Gasteiger partial charge in [-0.3, -0.25) is 0 Å². The van der Waals surface area contributed by atoms with Crippen LogP contribution in [0.15, 0.2) is 42.5 Å². The van der Waals surface area contributed by atoms with Crippen molar-refractivity contribution >= 4 is 11.5 Å². The van der Waals surface area contributed by atoms with Crippen LogP contribution in [0, 0.1) is 0 Å². The molecule has 1 heterocycles. The normalized spacial score (nSPS) is 10.6. The Balaban J connectivity index is 2.03. The third kappa shape index (κ3) is 5.22. The fourth-order valence-corrected chi connectivity index (χ4v) is 2.38. The van der Waals surface area contributed by atoms with E-state index in [1.54, 1.807) is 0 Å². The van der Waals surface area contributed by atoms with Crippen molar-refractivity contribution in [2.24, 2.45) is 0 Å². The minimum atomic E-state index is 0.941. The van der Waals surface area contributed by atoms with Crippen LogP contribution in [0.4, 0.5) is 11.5 Å². The van der Waals surface area contributed by atoms with E-state index in [-0.39, 0.29) is 0 Å². The van der Waals surface area contributed by atoms with Crippen LogP contribution in [0.1, 0.15) is 50.8 Å². The van der Waals surface area contributed by atoms with Gasteiger partial charge in [0.15, 0.2) is 0 Å². The number of pyridine rings is 1. The zero-order valence-corrected chi connectivity index (χ0v) is 13.2. The van der Waals surface area contributed by atoms with Gasteiger partial charge in [0, 0.05) is 11.4 Å². The van der Waals surface area contributed by atoms with E-state index in [2.05, 4.69) is 60.5 Å². The number of aromatic nitrogens is 1. The van der Waals surface area contributed by atoms with E-state index >= 15 is 0 Å². The van der Waals surface area contributed by atoms with Gasteiger partial charge in [-0.05, 0) is 55.5 Å².